The van der Waals surface area contributed by atoms with Gasteiger partial charge in [0, 0.05) is 6.42 Å². The molecule has 0 aromatic carbocycles. The van der Waals surface area contributed by atoms with Gasteiger partial charge in [0.2, 0.25) is 0 Å². The fourth-order valence-corrected chi connectivity index (χ4v) is 1.39. The van der Waals surface area contributed by atoms with Crippen molar-refractivity contribution >= 4 is 5.97 Å². The van der Waals surface area contributed by atoms with Crippen molar-refractivity contribution in [2.45, 2.75) is 52.9 Å². The zero-order chi connectivity index (χ0) is 10.3. The summed E-state index contributed by atoms with van der Waals surface area (Å²) in [6.45, 7) is 6.59. The summed E-state index contributed by atoms with van der Waals surface area (Å²) in [4.78, 5) is 10.3. The third-order valence-electron chi connectivity index (χ3n) is 2.33. The average molecular weight is 186 g/mol. The first kappa shape index (κ1) is 12.5. The van der Waals surface area contributed by atoms with Gasteiger partial charge in [0.15, 0.2) is 0 Å². The van der Waals surface area contributed by atoms with E-state index in [4.69, 9.17) is 5.11 Å². The van der Waals surface area contributed by atoms with Crippen molar-refractivity contribution in [2.75, 3.05) is 0 Å². The van der Waals surface area contributed by atoms with Crippen LogP contribution in [0.2, 0.25) is 0 Å². The van der Waals surface area contributed by atoms with Crippen molar-refractivity contribution in [1.29, 1.82) is 0 Å². The Hall–Kier alpha value is -0.530. The lowest BCUT2D eigenvalue weighted by atomic mass is 9.96. The topological polar surface area (TPSA) is 37.3 Å². The van der Waals surface area contributed by atoms with E-state index in [1.807, 2.05) is 0 Å². The van der Waals surface area contributed by atoms with Crippen molar-refractivity contribution in [3.05, 3.63) is 0 Å². The number of rotatable bonds is 7. The fourth-order valence-electron chi connectivity index (χ4n) is 1.39. The lowest BCUT2D eigenvalue weighted by Crippen LogP contribution is -2.01. The van der Waals surface area contributed by atoms with Crippen LogP contribution in [-0.4, -0.2) is 11.1 Å². The minimum absolute atomic E-state index is 0.322. The van der Waals surface area contributed by atoms with E-state index in [1.165, 1.54) is 19.3 Å². The minimum Gasteiger partial charge on any atom is -0.481 e. The van der Waals surface area contributed by atoms with Gasteiger partial charge in [-0.1, -0.05) is 40.0 Å². The molecule has 2 nitrogen and oxygen atoms in total. The molecule has 0 aliphatic rings. The molecule has 0 saturated heterocycles. The Kier molecular flexibility index (Phi) is 6.65. The smallest absolute Gasteiger partial charge is 0.303 e. The van der Waals surface area contributed by atoms with Crippen molar-refractivity contribution in [2.24, 2.45) is 11.8 Å². The molecular weight excluding hydrogens is 164 g/mol. The molecule has 2 heteroatoms. The van der Waals surface area contributed by atoms with E-state index in [0.717, 1.165) is 12.3 Å². The molecule has 0 rings (SSSR count). The van der Waals surface area contributed by atoms with Crippen LogP contribution in [-0.2, 0) is 4.79 Å². The second-order valence-corrected chi connectivity index (χ2v) is 4.36. The van der Waals surface area contributed by atoms with Crippen LogP contribution in [0, 0.1) is 11.8 Å². The quantitative estimate of drug-likeness (QED) is 0.662. The number of carboxylic acid groups (broad SMARTS) is 1. The van der Waals surface area contributed by atoms with Gasteiger partial charge >= 0.3 is 5.97 Å². The molecule has 0 spiro atoms. The van der Waals surface area contributed by atoms with Crippen LogP contribution in [0.25, 0.3) is 0 Å². The normalized spacial score (nSPS) is 13.2. The lowest BCUT2D eigenvalue weighted by molar-refractivity contribution is -0.137. The Bertz CT molecular complexity index is 141. The van der Waals surface area contributed by atoms with Crippen LogP contribution in [0.15, 0.2) is 0 Å². The van der Waals surface area contributed by atoms with Gasteiger partial charge in [-0.15, -0.1) is 0 Å². The van der Waals surface area contributed by atoms with Gasteiger partial charge in [0.1, 0.15) is 0 Å². The summed E-state index contributed by atoms with van der Waals surface area (Å²) >= 11 is 0. The number of hydrogen-bond donors (Lipinski definition) is 1. The molecule has 0 saturated carbocycles. The van der Waals surface area contributed by atoms with Gasteiger partial charge in [0.05, 0.1) is 0 Å². The molecule has 0 aromatic rings. The molecular formula is C11H22O2. The maximum Gasteiger partial charge on any atom is 0.303 e. The highest BCUT2D eigenvalue weighted by Gasteiger charge is 2.05. The number of aliphatic carboxylic acids is 1. The van der Waals surface area contributed by atoms with E-state index in [2.05, 4.69) is 20.8 Å². The fraction of sp³-hybridized carbons (Fsp3) is 0.909. The molecule has 0 amide bonds. The predicted molar refractivity (Wildman–Crippen MR) is 54.7 cm³/mol. The summed E-state index contributed by atoms with van der Waals surface area (Å²) in [5.74, 6) is 0.664. The third kappa shape index (κ3) is 9.38. The summed E-state index contributed by atoms with van der Waals surface area (Å²) in [6, 6.07) is 0. The molecule has 0 aliphatic heterocycles. The van der Waals surface area contributed by atoms with E-state index in [-0.39, 0.29) is 0 Å². The molecule has 1 atom stereocenters. The maximum absolute atomic E-state index is 10.3. The molecule has 0 heterocycles. The van der Waals surface area contributed by atoms with Crippen molar-refractivity contribution < 1.29 is 9.90 Å². The van der Waals surface area contributed by atoms with Gasteiger partial charge in [-0.3, -0.25) is 4.79 Å². The maximum atomic E-state index is 10.3. The standard InChI is InChI=1S/C11H22O2/c1-9(2)5-4-6-10(3)7-8-11(12)13/h9-10H,4-8H2,1-3H3,(H,12,13)/t10-/m0/s1. The Morgan fingerprint density at radius 2 is 1.77 bits per heavy atom. The number of carbonyl (C=O) groups is 1. The molecule has 13 heavy (non-hydrogen) atoms. The minimum atomic E-state index is -0.671. The molecule has 0 bridgehead atoms. The Balaban J connectivity index is 3.30. The van der Waals surface area contributed by atoms with Crippen LogP contribution in [0.5, 0.6) is 0 Å². The zero-order valence-electron chi connectivity index (χ0n) is 9.05. The van der Waals surface area contributed by atoms with Crippen LogP contribution in [0.4, 0.5) is 0 Å². The van der Waals surface area contributed by atoms with Crippen molar-refractivity contribution in [1.82, 2.24) is 0 Å². The number of carboxylic acids is 1. The van der Waals surface area contributed by atoms with Crippen molar-refractivity contribution in [3.63, 3.8) is 0 Å². The van der Waals surface area contributed by atoms with E-state index in [0.29, 0.717) is 12.3 Å². The Morgan fingerprint density at radius 1 is 1.15 bits per heavy atom. The summed E-state index contributed by atoms with van der Waals surface area (Å²) in [7, 11) is 0. The number of hydrogen-bond acceptors (Lipinski definition) is 1. The van der Waals surface area contributed by atoms with Crippen LogP contribution < -0.4 is 0 Å². The second kappa shape index (κ2) is 6.93. The highest BCUT2D eigenvalue weighted by molar-refractivity contribution is 5.66. The SMILES string of the molecule is CC(C)CCC[C@H](C)CCC(=O)O. The first-order chi connectivity index (χ1) is 6.02. The first-order valence-electron chi connectivity index (χ1n) is 5.24. The van der Waals surface area contributed by atoms with E-state index in [9.17, 15) is 4.79 Å². The van der Waals surface area contributed by atoms with Crippen LogP contribution >= 0.6 is 0 Å². The molecule has 0 aliphatic carbocycles. The van der Waals surface area contributed by atoms with Gasteiger partial charge in [-0.2, -0.15) is 0 Å². The molecule has 78 valence electrons. The lowest BCUT2D eigenvalue weighted by Gasteiger charge is -2.10. The van der Waals surface area contributed by atoms with E-state index in [1.54, 1.807) is 0 Å². The average Bonchev–Trinajstić information content (AvgIpc) is 2.00. The van der Waals surface area contributed by atoms with E-state index < -0.39 is 5.97 Å². The molecule has 0 radical (unpaired) electrons. The van der Waals surface area contributed by atoms with Gasteiger partial charge in [-0.05, 0) is 18.3 Å². The van der Waals surface area contributed by atoms with Gasteiger partial charge < -0.3 is 5.11 Å². The first-order valence-corrected chi connectivity index (χ1v) is 5.24. The molecule has 0 fully saturated rings. The largest absolute Gasteiger partial charge is 0.481 e. The van der Waals surface area contributed by atoms with Crippen molar-refractivity contribution in [3.8, 4) is 0 Å². The van der Waals surface area contributed by atoms with Gasteiger partial charge in [-0.25, -0.2) is 0 Å². The van der Waals surface area contributed by atoms with E-state index >= 15 is 0 Å². The monoisotopic (exact) mass is 186 g/mol. The second-order valence-electron chi connectivity index (χ2n) is 4.36. The summed E-state index contributed by atoms with van der Waals surface area (Å²) < 4.78 is 0. The molecule has 0 aromatic heterocycles. The van der Waals surface area contributed by atoms with Gasteiger partial charge in [0.25, 0.3) is 0 Å². The Morgan fingerprint density at radius 3 is 2.23 bits per heavy atom. The highest BCUT2D eigenvalue weighted by atomic mass is 16.4. The summed E-state index contributed by atoms with van der Waals surface area (Å²) in [5, 5.41) is 8.48. The summed E-state index contributed by atoms with van der Waals surface area (Å²) in [5.41, 5.74) is 0. The predicted octanol–water partition coefficient (Wildman–Crippen LogP) is 3.31. The van der Waals surface area contributed by atoms with Crippen LogP contribution in [0.1, 0.15) is 52.9 Å². The zero-order valence-corrected chi connectivity index (χ0v) is 9.05. The molecule has 1 N–H and O–H groups in total. The van der Waals surface area contributed by atoms with Crippen LogP contribution in [0.3, 0.4) is 0 Å². The summed E-state index contributed by atoms with van der Waals surface area (Å²) in [6.07, 6.45) is 4.82. The third-order valence-corrected chi connectivity index (χ3v) is 2.33. The molecule has 0 unspecified atom stereocenters. The Labute approximate surface area is 81.3 Å². The highest BCUT2D eigenvalue weighted by Crippen LogP contribution is 2.16.